The van der Waals surface area contributed by atoms with Gasteiger partial charge in [-0.15, -0.1) is 10.2 Å². The predicted molar refractivity (Wildman–Crippen MR) is 123 cm³/mol. The second-order valence-electron chi connectivity index (χ2n) is 9.85. The van der Waals surface area contributed by atoms with Crippen LogP contribution in [-0.4, -0.2) is 35.2 Å². The predicted octanol–water partition coefficient (Wildman–Crippen LogP) is 3.85. The molecule has 0 bridgehead atoms. The third kappa shape index (κ3) is 3.18. The van der Waals surface area contributed by atoms with Gasteiger partial charge in [0.1, 0.15) is 12.2 Å². The molecule has 36 heavy (non-hydrogen) atoms. The van der Waals surface area contributed by atoms with E-state index in [1.165, 1.54) is 11.0 Å². The summed E-state index contributed by atoms with van der Waals surface area (Å²) in [7, 11) is 1.88. The van der Waals surface area contributed by atoms with E-state index < -0.39 is 29.7 Å². The van der Waals surface area contributed by atoms with E-state index in [4.69, 9.17) is 0 Å². The van der Waals surface area contributed by atoms with Gasteiger partial charge in [-0.2, -0.15) is 13.2 Å². The summed E-state index contributed by atoms with van der Waals surface area (Å²) in [5.74, 6) is 0.698. The van der Waals surface area contributed by atoms with Crippen LogP contribution in [0, 0.1) is 5.92 Å². The average molecular weight is 496 g/mol. The van der Waals surface area contributed by atoms with Crippen LogP contribution in [0.1, 0.15) is 58.2 Å². The summed E-state index contributed by atoms with van der Waals surface area (Å²) in [5, 5.41) is 18.0. The maximum Gasteiger partial charge on any atom is 0.416 e. The smallest absolute Gasteiger partial charge is 0.392 e. The van der Waals surface area contributed by atoms with Crippen LogP contribution in [0.3, 0.4) is 0 Å². The minimum absolute atomic E-state index is 0.0423. The van der Waals surface area contributed by atoms with Crippen LogP contribution in [0.5, 0.6) is 0 Å². The number of fused-ring (bicyclic) bond motifs is 2. The fourth-order valence-corrected chi connectivity index (χ4v) is 5.88. The Labute approximate surface area is 204 Å². The number of amides is 1. The topological polar surface area (TPSA) is 88.6 Å². The number of pyridine rings is 1. The highest BCUT2D eigenvalue weighted by atomic mass is 19.4. The van der Waals surface area contributed by atoms with Crippen molar-refractivity contribution >= 4 is 17.2 Å². The highest BCUT2D eigenvalue weighted by Crippen LogP contribution is 2.52. The molecule has 0 atom stereocenters. The van der Waals surface area contributed by atoms with Gasteiger partial charge in [-0.3, -0.25) is 4.79 Å². The number of rotatable bonds is 4. The van der Waals surface area contributed by atoms with Crippen LogP contribution in [0.25, 0.3) is 5.65 Å². The Morgan fingerprint density at radius 3 is 2.64 bits per heavy atom. The van der Waals surface area contributed by atoms with E-state index in [1.54, 1.807) is 23.1 Å². The van der Waals surface area contributed by atoms with Crippen molar-refractivity contribution in [2.24, 2.45) is 13.0 Å². The molecule has 1 aliphatic carbocycles. The third-order valence-electron chi connectivity index (χ3n) is 7.43. The van der Waals surface area contributed by atoms with Crippen LogP contribution < -0.4 is 4.90 Å². The maximum atomic E-state index is 13.9. The number of nitrogens with zero attached hydrogens (tertiary/aromatic N) is 6. The lowest BCUT2D eigenvalue weighted by molar-refractivity contribution is -0.138. The minimum atomic E-state index is -4.66. The number of carbonyl (C=O) groups excluding carboxylic acids is 1. The van der Waals surface area contributed by atoms with Gasteiger partial charge in [-0.05, 0) is 53.6 Å². The van der Waals surface area contributed by atoms with Crippen LogP contribution in [-0.2, 0) is 31.8 Å². The number of hydrogen-bond acceptors (Lipinski definition) is 5. The van der Waals surface area contributed by atoms with Crippen molar-refractivity contribution < 1.29 is 23.1 Å². The number of aromatic nitrogens is 5. The Morgan fingerprint density at radius 1 is 1.22 bits per heavy atom. The molecule has 4 heterocycles. The lowest BCUT2D eigenvalue weighted by atomic mass is 9.59. The summed E-state index contributed by atoms with van der Waals surface area (Å²) in [5.41, 5.74) is 0.348. The number of halogens is 3. The number of aryl methyl sites for hydroxylation is 1. The van der Waals surface area contributed by atoms with Gasteiger partial charge in [0.05, 0.1) is 29.8 Å². The molecule has 186 valence electrons. The molecule has 0 unspecified atom stereocenters. The molecular formula is C25H23F3N6O2. The SMILES string of the molecule is CC1CC(c2cc(N3Cc4c(cc(CO)cc4C(F)(F)F)C3=O)c3nccn3c2)(c2nncn2C)C1. The molecule has 4 aromatic rings. The highest BCUT2D eigenvalue weighted by Gasteiger charge is 2.49. The molecule has 2 aliphatic rings. The normalized spacial score (nSPS) is 21.8. The first-order valence-electron chi connectivity index (χ1n) is 11.6. The molecule has 0 radical (unpaired) electrons. The Hall–Kier alpha value is -3.73. The largest absolute Gasteiger partial charge is 0.416 e. The van der Waals surface area contributed by atoms with Gasteiger partial charge in [-0.25, -0.2) is 4.98 Å². The first-order valence-corrected chi connectivity index (χ1v) is 11.6. The molecule has 1 aromatic carbocycles. The summed E-state index contributed by atoms with van der Waals surface area (Å²) < 4.78 is 45.3. The third-order valence-corrected chi connectivity index (χ3v) is 7.43. The molecule has 6 rings (SSSR count). The second-order valence-corrected chi connectivity index (χ2v) is 9.85. The first-order chi connectivity index (χ1) is 17.1. The van der Waals surface area contributed by atoms with Gasteiger partial charge in [0.2, 0.25) is 0 Å². The number of imidazole rings is 1. The van der Waals surface area contributed by atoms with Crippen LogP contribution in [0.15, 0.2) is 43.1 Å². The van der Waals surface area contributed by atoms with Gasteiger partial charge in [0, 0.05) is 31.2 Å². The van der Waals surface area contributed by atoms with E-state index in [0.717, 1.165) is 30.3 Å². The number of alkyl halides is 3. The van der Waals surface area contributed by atoms with E-state index in [0.29, 0.717) is 17.3 Å². The maximum absolute atomic E-state index is 13.9. The number of aliphatic hydroxyl groups is 1. The Bertz CT molecular complexity index is 1520. The highest BCUT2D eigenvalue weighted by molar-refractivity contribution is 6.12. The summed E-state index contributed by atoms with van der Waals surface area (Å²) in [6.07, 6.45) is 3.94. The summed E-state index contributed by atoms with van der Waals surface area (Å²) in [6.45, 7) is 1.32. The molecule has 0 saturated heterocycles. The second kappa shape index (κ2) is 7.63. The van der Waals surface area contributed by atoms with Gasteiger partial charge >= 0.3 is 6.18 Å². The number of hydrogen-bond donors (Lipinski definition) is 1. The molecule has 3 aromatic heterocycles. The molecule has 11 heteroatoms. The van der Waals surface area contributed by atoms with E-state index in [1.807, 2.05) is 23.9 Å². The van der Waals surface area contributed by atoms with Crippen molar-refractivity contribution in [1.29, 1.82) is 0 Å². The quantitative estimate of drug-likeness (QED) is 0.464. The standard InChI is InChI=1S/C25H23F3N6O2/c1-14-8-24(9-14,23-31-30-13-32(23)2)16-7-20(21-29-3-4-33(21)10-16)34-11-18-17(22(34)36)5-15(12-35)6-19(18)25(26,27)28/h3-7,10,13-14,35H,8-9,11-12H2,1-2H3. The molecular weight excluding hydrogens is 473 g/mol. The van der Waals surface area contributed by atoms with Crippen molar-refractivity contribution in [3.63, 3.8) is 0 Å². The Balaban J connectivity index is 1.52. The first kappa shape index (κ1) is 22.7. The zero-order valence-electron chi connectivity index (χ0n) is 19.6. The zero-order chi connectivity index (χ0) is 25.4. The van der Waals surface area contributed by atoms with E-state index in [2.05, 4.69) is 22.1 Å². The number of benzene rings is 1. The minimum Gasteiger partial charge on any atom is -0.392 e. The summed E-state index contributed by atoms with van der Waals surface area (Å²) in [6, 6.07) is 4.11. The number of carbonyl (C=O) groups is 1. The molecule has 8 nitrogen and oxygen atoms in total. The molecule has 1 aliphatic heterocycles. The van der Waals surface area contributed by atoms with Crippen molar-refractivity contribution in [1.82, 2.24) is 24.1 Å². The summed E-state index contributed by atoms with van der Waals surface area (Å²) in [4.78, 5) is 19.3. The van der Waals surface area contributed by atoms with Gasteiger partial charge < -0.3 is 19.0 Å². The van der Waals surface area contributed by atoms with Crippen molar-refractivity contribution in [3.05, 3.63) is 76.8 Å². The van der Waals surface area contributed by atoms with Crippen molar-refractivity contribution in [2.45, 2.75) is 44.5 Å². The number of aliphatic hydroxyl groups excluding tert-OH is 1. The molecule has 0 spiro atoms. The summed E-state index contributed by atoms with van der Waals surface area (Å²) >= 11 is 0. The van der Waals surface area contributed by atoms with Crippen molar-refractivity contribution in [2.75, 3.05) is 4.90 Å². The monoisotopic (exact) mass is 496 g/mol. The molecule has 1 fully saturated rings. The van der Waals surface area contributed by atoms with Gasteiger partial charge in [0.15, 0.2) is 5.65 Å². The molecule has 1 saturated carbocycles. The van der Waals surface area contributed by atoms with Crippen LogP contribution in [0.2, 0.25) is 0 Å². The van der Waals surface area contributed by atoms with E-state index in [-0.39, 0.29) is 23.2 Å². The zero-order valence-corrected chi connectivity index (χ0v) is 19.6. The molecule has 1 N–H and O–H groups in total. The Morgan fingerprint density at radius 2 is 2.00 bits per heavy atom. The number of anilines is 1. The van der Waals surface area contributed by atoms with Crippen LogP contribution in [0.4, 0.5) is 18.9 Å². The van der Waals surface area contributed by atoms with E-state index in [9.17, 15) is 23.1 Å². The lowest BCUT2D eigenvalue weighted by Gasteiger charge is -2.46. The van der Waals surface area contributed by atoms with Crippen molar-refractivity contribution in [3.8, 4) is 0 Å². The Kier molecular flexibility index (Phi) is 4.82. The van der Waals surface area contributed by atoms with Crippen LogP contribution >= 0.6 is 0 Å². The van der Waals surface area contributed by atoms with E-state index >= 15 is 0 Å². The fraction of sp³-hybridized carbons (Fsp3) is 0.360. The fourth-order valence-electron chi connectivity index (χ4n) is 5.88. The average Bonchev–Trinajstić information content (AvgIpc) is 3.54. The van der Waals surface area contributed by atoms with Gasteiger partial charge in [0.25, 0.3) is 5.91 Å². The molecule has 1 amide bonds. The lowest BCUT2D eigenvalue weighted by Crippen LogP contribution is -2.43. The van der Waals surface area contributed by atoms with Gasteiger partial charge in [-0.1, -0.05) is 6.92 Å².